The van der Waals surface area contributed by atoms with Gasteiger partial charge in [-0.2, -0.15) is 5.26 Å². The maximum absolute atomic E-state index is 8.63. The van der Waals surface area contributed by atoms with Crippen molar-refractivity contribution < 1.29 is 0 Å². The first-order chi connectivity index (χ1) is 6.75. The smallest absolute Gasteiger partial charge is 0.0622 e. The van der Waals surface area contributed by atoms with Crippen LogP contribution in [0.4, 0.5) is 0 Å². The first kappa shape index (κ1) is 11.5. The molecule has 1 rings (SSSR count). The van der Waals surface area contributed by atoms with E-state index in [1.165, 1.54) is 32.1 Å². The summed E-state index contributed by atoms with van der Waals surface area (Å²) in [5.74, 6) is 0.840. The maximum Gasteiger partial charge on any atom is 0.0622 e. The maximum atomic E-state index is 8.63. The molecule has 14 heavy (non-hydrogen) atoms. The van der Waals surface area contributed by atoms with Crippen molar-refractivity contribution in [2.75, 3.05) is 14.1 Å². The largest absolute Gasteiger partial charge is 0.306 e. The minimum atomic E-state index is 0.634. The Morgan fingerprint density at radius 1 is 1.29 bits per heavy atom. The van der Waals surface area contributed by atoms with Crippen LogP contribution in [0.2, 0.25) is 0 Å². The topological polar surface area (TPSA) is 27.0 Å². The van der Waals surface area contributed by atoms with Crippen LogP contribution in [0.25, 0.3) is 0 Å². The molecular weight excluding hydrogens is 172 g/mol. The zero-order chi connectivity index (χ0) is 10.4. The molecule has 1 saturated carbocycles. The summed E-state index contributed by atoms with van der Waals surface area (Å²) >= 11 is 0. The highest BCUT2D eigenvalue weighted by Crippen LogP contribution is 2.30. The van der Waals surface area contributed by atoms with Gasteiger partial charge in [-0.25, -0.2) is 0 Å². The summed E-state index contributed by atoms with van der Waals surface area (Å²) in [6, 6.07) is 2.90. The number of hydrogen-bond donors (Lipinski definition) is 0. The molecule has 0 bridgehead atoms. The Hall–Kier alpha value is -0.550. The molecule has 0 aromatic heterocycles. The van der Waals surface area contributed by atoms with Crippen LogP contribution in [0.15, 0.2) is 0 Å². The Morgan fingerprint density at radius 2 is 1.93 bits per heavy atom. The van der Waals surface area contributed by atoms with Gasteiger partial charge in [0.2, 0.25) is 0 Å². The van der Waals surface area contributed by atoms with Gasteiger partial charge in [0, 0.05) is 12.5 Å². The zero-order valence-electron chi connectivity index (χ0n) is 9.50. The van der Waals surface area contributed by atoms with Gasteiger partial charge in [0.15, 0.2) is 0 Å². The molecule has 80 valence electrons. The monoisotopic (exact) mass is 194 g/mol. The van der Waals surface area contributed by atoms with Crippen molar-refractivity contribution in [3.63, 3.8) is 0 Å². The third-order valence-corrected chi connectivity index (χ3v) is 3.41. The fraction of sp³-hybridized carbons (Fsp3) is 0.917. The first-order valence-corrected chi connectivity index (χ1v) is 5.79. The van der Waals surface area contributed by atoms with Crippen molar-refractivity contribution >= 4 is 0 Å². The summed E-state index contributed by atoms with van der Waals surface area (Å²) in [6.07, 6.45) is 8.69. The second kappa shape index (κ2) is 6.03. The lowest BCUT2D eigenvalue weighted by atomic mass is 9.82. The van der Waals surface area contributed by atoms with E-state index in [0.717, 1.165) is 12.3 Å². The normalized spacial score (nSPS) is 20.7. The standard InChI is InChI=1S/C12H22N2/c1-14(2)12(9-6-10-13)11-7-4-3-5-8-11/h11-12H,3-9H2,1-2H3. The number of rotatable bonds is 4. The van der Waals surface area contributed by atoms with Crippen molar-refractivity contribution in [2.24, 2.45) is 5.92 Å². The second-order valence-corrected chi connectivity index (χ2v) is 4.63. The van der Waals surface area contributed by atoms with Crippen LogP contribution in [0.3, 0.4) is 0 Å². The molecule has 0 amide bonds. The molecule has 0 radical (unpaired) electrons. The second-order valence-electron chi connectivity index (χ2n) is 4.63. The highest BCUT2D eigenvalue weighted by molar-refractivity contribution is 4.82. The van der Waals surface area contributed by atoms with Crippen LogP contribution in [0.1, 0.15) is 44.9 Å². The Morgan fingerprint density at radius 3 is 2.43 bits per heavy atom. The van der Waals surface area contributed by atoms with E-state index in [1.54, 1.807) is 0 Å². The minimum Gasteiger partial charge on any atom is -0.306 e. The molecule has 2 nitrogen and oxygen atoms in total. The molecule has 0 saturated heterocycles. The average Bonchev–Trinajstić information content (AvgIpc) is 2.19. The van der Waals surface area contributed by atoms with Gasteiger partial charge in [0.05, 0.1) is 6.07 Å². The number of hydrogen-bond acceptors (Lipinski definition) is 2. The van der Waals surface area contributed by atoms with E-state index in [-0.39, 0.29) is 0 Å². The highest BCUT2D eigenvalue weighted by atomic mass is 15.1. The van der Waals surface area contributed by atoms with Gasteiger partial charge < -0.3 is 4.90 Å². The summed E-state index contributed by atoms with van der Waals surface area (Å²) in [5.41, 5.74) is 0. The third-order valence-electron chi connectivity index (χ3n) is 3.41. The first-order valence-electron chi connectivity index (χ1n) is 5.79. The Labute approximate surface area is 87.9 Å². The molecule has 1 atom stereocenters. The van der Waals surface area contributed by atoms with Gasteiger partial charge in [-0.05, 0) is 39.3 Å². The molecule has 1 aliphatic rings. The molecule has 2 heteroatoms. The van der Waals surface area contributed by atoms with Crippen LogP contribution in [-0.4, -0.2) is 25.0 Å². The van der Waals surface area contributed by atoms with Gasteiger partial charge in [0.1, 0.15) is 0 Å². The van der Waals surface area contributed by atoms with Crippen LogP contribution in [0, 0.1) is 17.2 Å². The van der Waals surface area contributed by atoms with Gasteiger partial charge in [0.25, 0.3) is 0 Å². The van der Waals surface area contributed by atoms with E-state index in [1.807, 2.05) is 0 Å². The fourth-order valence-electron chi connectivity index (χ4n) is 2.65. The zero-order valence-corrected chi connectivity index (χ0v) is 9.50. The van der Waals surface area contributed by atoms with Gasteiger partial charge in [-0.3, -0.25) is 0 Å². The molecule has 0 aromatic rings. The Balaban J connectivity index is 2.43. The van der Waals surface area contributed by atoms with Crippen molar-refractivity contribution in [3.8, 4) is 6.07 Å². The van der Waals surface area contributed by atoms with Gasteiger partial charge in [-0.1, -0.05) is 19.3 Å². The van der Waals surface area contributed by atoms with Crippen LogP contribution in [-0.2, 0) is 0 Å². The van der Waals surface area contributed by atoms with E-state index in [0.29, 0.717) is 12.5 Å². The Kier molecular flexibility index (Phi) is 4.97. The molecule has 0 N–H and O–H groups in total. The average molecular weight is 194 g/mol. The highest BCUT2D eigenvalue weighted by Gasteiger charge is 2.24. The van der Waals surface area contributed by atoms with Crippen molar-refractivity contribution in [3.05, 3.63) is 0 Å². The van der Waals surface area contributed by atoms with Crippen molar-refractivity contribution in [1.82, 2.24) is 4.90 Å². The molecule has 1 fully saturated rings. The summed E-state index contributed by atoms with van der Waals surface area (Å²) in [5, 5.41) is 8.63. The third kappa shape index (κ3) is 3.31. The molecule has 0 spiro atoms. The van der Waals surface area contributed by atoms with Crippen molar-refractivity contribution in [1.29, 1.82) is 5.26 Å². The summed E-state index contributed by atoms with van der Waals surface area (Å²) in [6.45, 7) is 0. The minimum absolute atomic E-state index is 0.634. The Bertz CT molecular complexity index is 187. The summed E-state index contributed by atoms with van der Waals surface area (Å²) in [7, 11) is 4.30. The van der Waals surface area contributed by atoms with E-state index in [9.17, 15) is 0 Å². The van der Waals surface area contributed by atoms with Crippen LogP contribution in [0.5, 0.6) is 0 Å². The van der Waals surface area contributed by atoms with Gasteiger partial charge in [-0.15, -0.1) is 0 Å². The van der Waals surface area contributed by atoms with E-state index in [4.69, 9.17) is 5.26 Å². The molecule has 1 unspecified atom stereocenters. The lowest BCUT2D eigenvalue weighted by Gasteiger charge is -2.34. The lowest BCUT2D eigenvalue weighted by Crippen LogP contribution is -2.36. The predicted octanol–water partition coefficient (Wildman–Crippen LogP) is 2.80. The van der Waals surface area contributed by atoms with E-state index in [2.05, 4.69) is 25.1 Å². The molecule has 1 aliphatic carbocycles. The lowest BCUT2D eigenvalue weighted by molar-refractivity contribution is 0.162. The predicted molar refractivity (Wildman–Crippen MR) is 58.9 cm³/mol. The fourth-order valence-corrected chi connectivity index (χ4v) is 2.65. The van der Waals surface area contributed by atoms with Crippen LogP contribution < -0.4 is 0 Å². The SMILES string of the molecule is CN(C)C(CCC#N)C1CCCCC1. The summed E-state index contributed by atoms with van der Waals surface area (Å²) < 4.78 is 0. The van der Waals surface area contributed by atoms with E-state index >= 15 is 0 Å². The number of nitrogens with zero attached hydrogens (tertiary/aromatic N) is 2. The molecule has 0 aliphatic heterocycles. The van der Waals surface area contributed by atoms with Crippen molar-refractivity contribution in [2.45, 2.75) is 51.0 Å². The van der Waals surface area contributed by atoms with Crippen LogP contribution >= 0.6 is 0 Å². The summed E-state index contributed by atoms with van der Waals surface area (Å²) in [4.78, 5) is 2.31. The quantitative estimate of drug-likeness (QED) is 0.688. The molecular formula is C12H22N2. The molecule has 0 heterocycles. The number of nitriles is 1. The van der Waals surface area contributed by atoms with E-state index < -0.39 is 0 Å². The van der Waals surface area contributed by atoms with Gasteiger partial charge >= 0.3 is 0 Å². The molecule has 0 aromatic carbocycles.